The first-order chi connectivity index (χ1) is 8.26. The van der Waals surface area contributed by atoms with Crippen LogP contribution in [0.25, 0.3) is 0 Å². The number of para-hydroxylation sites is 1. The zero-order valence-corrected chi connectivity index (χ0v) is 11.4. The van der Waals surface area contributed by atoms with Gasteiger partial charge in [-0.2, -0.15) is 0 Å². The lowest BCUT2D eigenvalue weighted by atomic mass is 10.1. The molecule has 1 aromatic carbocycles. The average Bonchev–Trinajstić information content (AvgIpc) is 2.72. The standard InChI is InChI=1S/C13H16ClNOS/c1-2-17-12-6-4-3-5-11(12)15-9-10(8-14)7-13(15)16/h3-6,10H,2,7-9H2,1H3. The van der Waals surface area contributed by atoms with Gasteiger partial charge in [-0.3, -0.25) is 4.79 Å². The van der Waals surface area contributed by atoms with Crippen LogP contribution in [-0.2, 0) is 4.79 Å². The molecule has 1 unspecified atom stereocenters. The maximum atomic E-state index is 12.0. The van der Waals surface area contributed by atoms with Crippen molar-refractivity contribution >= 4 is 35.0 Å². The van der Waals surface area contributed by atoms with E-state index in [1.165, 1.54) is 4.90 Å². The Hall–Kier alpha value is -0.670. The molecule has 2 nitrogen and oxygen atoms in total. The van der Waals surface area contributed by atoms with E-state index >= 15 is 0 Å². The van der Waals surface area contributed by atoms with Gasteiger partial charge in [-0.25, -0.2) is 0 Å². The van der Waals surface area contributed by atoms with Crippen molar-refractivity contribution in [2.45, 2.75) is 18.2 Å². The van der Waals surface area contributed by atoms with Crippen LogP contribution in [0.2, 0.25) is 0 Å². The van der Waals surface area contributed by atoms with E-state index in [2.05, 4.69) is 13.0 Å². The number of alkyl halides is 1. The maximum absolute atomic E-state index is 12.0. The molecule has 0 aliphatic carbocycles. The van der Waals surface area contributed by atoms with E-state index in [1.54, 1.807) is 11.8 Å². The number of nitrogens with zero attached hydrogens (tertiary/aromatic N) is 1. The van der Waals surface area contributed by atoms with E-state index < -0.39 is 0 Å². The van der Waals surface area contributed by atoms with Crippen LogP contribution in [0.5, 0.6) is 0 Å². The summed E-state index contributed by atoms with van der Waals surface area (Å²) in [6, 6.07) is 8.09. The summed E-state index contributed by atoms with van der Waals surface area (Å²) < 4.78 is 0. The van der Waals surface area contributed by atoms with Gasteiger partial charge in [0.25, 0.3) is 0 Å². The van der Waals surface area contributed by atoms with Crippen LogP contribution in [0, 0.1) is 5.92 Å². The Morgan fingerprint density at radius 3 is 2.88 bits per heavy atom. The number of carbonyl (C=O) groups excluding carboxylic acids is 1. The van der Waals surface area contributed by atoms with Crippen LogP contribution in [0.15, 0.2) is 29.2 Å². The molecule has 0 aromatic heterocycles. The molecule has 0 spiro atoms. The van der Waals surface area contributed by atoms with Crippen LogP contribution in [-0.4, -0.2) is 24.1 Å². The van der Waals surface area contributed by atoms with Crippen molar-refractivity contribution in [2.75, 3.05) is 23.1 Å². The van der Waals surface area contributed by atoms with Gasteiger partial charge in [0, 0.05) is 23.7 Å². The van der Waals surface area contributed by atoms with Gasteiger partial charge >= 0.3 is 0 Å². The highest BCUT2D eigenvalue weighted by molar-refractivity contribution is 7.99. The first-order valence-corrected chi connectivity index (χ1v) is 7.36. The summed E-state index contributed by atoms with van der Waals surface area (Å²) in [5.41, 5.74) is 1.04. The lowest BCUT2D eigenvalue weighted by molar-refractivity contribution is -0.117. The van der Waals surface area contributed by atoms with Crippen molar-refractivity contribution in [1.29, 1.82) is 0 Å². The van der Waals surface area contributed by atoms with Crippen molar-refractivity contribution in [3.05, 3.63) is 24.3 Å². The zero-order valence-electron chi connectivity index (χ0n) is 9.86. The highest BCUT2D eigenvalue weighted by Gasteiger charge is 2.30. The number of hydrogen-bond donors (Lipinski definition) is 0. The molecule has 0 bridgehead atoms. The van der Waals surface area contributed by atoms with Gasteiger partial charge in [-0.15, -0.1) is 23.4 Å². The number of rotatable bonds is 4. The minimum absolute atomic E-state index is 0.194. The third-order valence-electron chi connectivity index (χ3n) is 2.88. The van der Waals surface area contributed by atoms with Crippen molar-refractivity contribution in [3.8, 4) is 0 Å². The van der Waals surface area contributed by atoms with E-state index in [-0.39, 0.29) is 5.91 Å². The second kappa shape index (κ2) is 5.78. The Bertz CT molecular complexity index is 410. The fraction of sp³-hybridized carbons (Fsp3) is 0.462. The number of halogens is 1. The predicted octanol–water partition coefficient (Wildman–Crippen LogP) is 3.39. The molecule has 2 rings (SSSR count). The Balaban J connectivity index is 2.25. The van der Waals surface area contributed by atoms with E-state index in [4.69, 9.17) is 11.6 Å². The molecule has 1 amide bonds. The number of amides is 1. The SMILES string of the molecule is CCSc1ccccc1N1CC(CCl)CC1=O. The summed E-state index contributed by atoms with van der Waals surface area (Å²) in [5.74, 6) is 2.06. The Labute approximate surface area is 111 Å². The normalized spacial score (nSPS) is 20.0. The largest absolute Gasteiger partial charge is 0.311 e. The van der Waals surface area contributed by atoms with E-state index in [0.717, 1.165) is 18.0 Å². The molecule has 0 saturated carbocycles. The molecular weight excluding hydrogens is 254 g/mol. The van der Waals surface area contributed by atoms with Gasteiger partial charge in [0.1, 0.15) is 0 Å². The molecule has 0 N–H and O–H groups in total. The van der Waals surface area contributed by atoms with Gasteiger partial charge in [-0.05, 0) is 23.8 Å². The van der Waals surface area contributed by atoms with E-state index in [1.807, 2.05) is 23.1 Å². The molecule has 1 aliphatic heterocycles. The summed E-state index contributed by atoms with van der Waals surface area (Å²) in [7, 11) is 0. The molecular formula is C13H16ClNOS. The van der Waals surface area contributed by atoms with Crippen LogP contribution >= 0.6 is 23.4 Å². The van der Waals surface area contributed by atoms with Gasteiger partial charge in [0.2, 0.25) is 5.91 Å². The van der Waals surface area contributed by atoms with Crippen molar-refractivity contribution in [2.24, 2.45) is 5.92 Å². The minimum atomic E-state index is 0.194. The Kier molecular flexibility index (Phi) is 4.35. The van der Waals surface area contributed by atoms with Crippen LogP contribution in [0.4, 0.5) is 5.69 Å². The van der Waals surface area contributed by atoms with Gasteiger partial charge in [0.15, 0.2) is 0 Å². The number of thioether (sulfide) groups is 1. The summed E-state index contributed by atoms with van der Waals surface area (Å²) >= 11 is 7.62. The summed E-state index contributed by atoms with van der Waals surface area (Å²) in [6.45, 7) is 2.87. The molecule has 1 saturated heterocycles. The van der Waals surface area contributed by atoms with Crippen LogP contribution in [0.3, 0.4) is 0 Å². The fourth-order valence-corrected chi connectivity index (χ4v) is 3.09. The molecule has 1 heterocycles. The first-order valence-electron chi connectivity index (χ1n) is 5.84. The lowest BCUT2D eigenvalue weighted by Crippen LogP contribution is -2.25. The highest BCUT2D eigenvalue weighted by atomic mass is 35.5. The second-order valence-corrected chi connectivity index (χ2v) is 5.74. The summed E-state index contributed by atoms with van der Waals surface area (Å²) in [6.07, 6.45) is 0.578. The molecule has 1 aliphatic rings. The second-order valence-electron chi connectivity index (χ2n) is 4.13. The molecule has 1 atom stereocenters. The Morgan fingerprint density at radius 2 is 2.24 bits per heavy atom. The third-order valence-corrected chi connectivity index (χ3v) is 4.26. The van der Waals surface area contributed by atoms with Crippen LogP contribution < -0.4 is 4.90 Å². The molecule has 0 radical (unpaired) electrons. The summed E-state index contributed by atoms with van der Waals surface area (Å²) in [4.78, 5) is 15.0. The average molecular weight is 270 g/mol. The number of carbonyl (C=O) groups is 1. The topological polar surface area (TPSA) is 20.3 Å². The third kappa shape index (κ3) is 2.78. The quantitative estimate of drug-likeness (QED) is 0.617. The molecule has 1 aromatic rings. The predicted molar refractivity (Wildman–Crippen MR) is 74.0 cm³/mol. The molecule has 92 valence electrons. The number of anilines is 1. The van der Waals surface area contributed by atoms with Crippen molar-refractivity contribution in [3.63, 3.8) is 0 Å². The van der Waals surface area contributed by atoms with E-state index in [9.17, 15) is 4.79 Å². The van der Waals surface area contributed by atoms with E-state index in [0.29, 0.717) is 18.2 Å². The number of hydrogen-bond acceptors (Lipinski definition) is 2. The minimum Gasteiger partial charge on any atom is -0.311 e. The first kappa shape index (κ1) is 12.8. The molecule has 1 fully saturated rings. The van der Waals surface area contributed by atoms with Crippen molar-refractivity contribution in [1.82, 2.24) is 0 Å². The van der Waals surface area contributed by atoms with Gasteiger partial charge < -0.3 is 4.90 Å². The highest BCUT2D eigenvalue weighted by Crippen LogP contribution is 2.33. The smallest absolute Gasteiger partial charge is 0.227 e. The molecule has 4 heteroatoms. The monoisotopic (exact) mass is 269 g/mol. The van der Waals surface area contributed by atoms with Gasteiger partial charge in [0.05, 0.1) is 5.69 Å². The lowest BCUT2D eigenvalue weighted by Gasteiger charge is -2.19. The van der Waals surface area contributed by atoms with Crippen LogP contribution in [0.1, 0.15) is 13.3 Å². The Morgan fingerprint density at radius 1 is 1.47 bits per heavy atom. The summed E-state index contributed by atoms with van der Waals surface area (Å²) in [5, 5.41) is 0. The molecule has 17 heavy (non-hydrogen) atoms. The fourth-order valence-electron chi connectivity index (χ4n) is 2.08. The zero-order chi connectivity index (χ0) is 12.3. The van der Waals surface area contributed by atoms with Crippen molar-refractivity contribution < 1.29 is 4.79 Å². The number of benzene rings is 1. The maximum Gasteiger partial charge on any atom is 0.227 e. The van der Waals surface area contributed by atoms with Gasteiger partial charge in [-0.1, -0.05) is 19.1 Å².